The van der Waals surface area contributed by atoms with E-state index >= 15 is 0 Å². The first-order valence-electron chi connectivity index (χ1n) is 5.35. The maximum absolute atomic E-state index is 11.2. The second-order valence-corrected chi connectivity index (χ2v) is 5.10. The van der Waals surface area contributed by atoms with E-state index in [0.29, 0.717) is 6.04 Å². The third-order valence-corrected chi connectivity index (χ3v) is 3.87. The number of imidazole rings is 1. The Hall–Kier alpha value is -1.20. The molecule has 1 aliphatic rings. The zero-order valence-corrected chi connectivity index (χ0v) is 9.59. The Balaban J connectivity index is 2.00. The third kappa shape index (κ3) is 1.76. The number of rotatable bonds is 1. The van der Waals surface area contributed by atoms with E-state index in [1.807, 2.05) is 16.2 Å². The van der Waals surface area contributed by atoms with Gasteiger partial charge in [-0.3, -0.25) is 4.79 Å². The minimum atomic E-state index is 0.0411. The molecule has 0 saturated carbocycles. The molecular weight excluding hydrogens is 222 g/mol. The molecule has 0 aliphatic carbocycles. The van der Waals surface area contributed by atoms with Crippen LogP contribution in [0.25, 0.3) is 5.65 Å². The second kappa shape index (κ2) is 3.99. The molecule has 2 aromatic rings. The van der Waals surface area contributed by atoms with E-state index in [4.69, 9.17) is 0 Å². The highest BCUT2D eigenvalue weighted by molar-refractivity contribution is 7.99. The molecule has 0 aromatic carbocycles. The first-order valence-corrected chi connectivity index (χ1v) is 6.50. The molecule has 1 atom stereocenters. The molecule has 1 unspecified atom stereocenters. The average molecular weight is 235 g/mol. The van der Waals surface area contributed by atoms with Gasteiger partial charge in [-0.05, 0) is 0 Å². The molecule has 2 N–H and O–H groups in total. The summed E-state index contributed by atoms with van der Waals surface area (Å²) in [5.74, 6) is 2.26. The number of fused-ring (bicyclic) bond motifs is 1. The number of pyridine rings is 1. The van der Waals surface area contributed by atoms with Gasteiger partial charge in [-0.15, -0.1) is 0 Å². The van der Waals surface area contributed by atoms with E-state index in [2.05, 4.69) is 16.5 Å². The number of hydrogen-bond donors (Lipinski definition) is 2. The highest BCUT2D eigenvalue weighted by atomic mass is 32.2. The van der Waals surface area contributed by atoms with E-state index in [9.17, 15) is 4.79 Å². The van der Waals surface area contributed by atoms with E-state index < -0.39 is 0 Å². The number of aromatic amines is 1. The van der Waals surface area contributed by atoms with Crippen LogP contribution in [-0.2, 0) is 0 Å². The molecule has 16 heavy (non-hydrogen) atoms. The van der Waals surface area contributed by atoms with E-state index in [0.717, 1.165) is 23.6 Å². The van der Waals surface area contributed by atoms with E-state index in [1.54, 1.807) is 18.3 Å². The first-order chi connectivity index (χ1) is 7.83. The van der Waals surface area contributed by atoms with Gasteiger partial charge in [-0.1, -0.05) is 0 Å². The molecule has 2 aromatic heterocycles. The van der Waals surface area contributed by atoms with Gasteiger partial charge in [0.1, 0.15) is 5.65 Å². The monoisotopic (exact) mass is 235 g/mol. The van der Waals surface area contributed by atoms with Crippen LogP contribution in [0.15, 0.2) is 29.3 Å². The fourth-order valence-corrected chi connectivity index (χ4v) is 2.94. The third-order valence-electron chi connectivity index (χ3n) is 2.80. The molecule has 1 fully saturated rings. The van der Waals surface area contributed by atoms with Gasteiger partial charge in [0.25, 0.3) is 0 Å². The van der Waals surface area contributed by atoms with Crippen molar-refractivity contribution in [2.24, 2.45) is 0 Å². The summed E-state index contributed by atoms with van der Waals surface area (Å²) in [6.07, 6.45) is 3.85. The van der Waals surface area contributed by atoms with Crippen molar-refractivity contribution < 1.29 is 0 Å². The minimum Gasteiger partial charge on any atom is -0.342 e. The summed E-state index contributed by atoms with van der Waals surface area (Å²) in [7, 11) is 0. The topological polar surface area (TPSA) is 49.3 Å². The van der Waals surface area contributed by atoms with Crippen LogP contribution >= 0.6 is 11.8 Å². The molecular formula is C11H13N3OS. The predicted molar refractivity (Wildman–Crippen MR) is 66.1 cm³/mol. The van der Waals surface area contributed by atoms with E-state index in [1.165, 1.54) is 5.75 Å². The molecule has 0 bridgehead atoms. The Morgan fingerprint density at radius 1 is 1.50 bits per heavy atom. The summed E-state index contributed by atoms with van der Waals surface area (Å²) in [5.41, 5.74) is 2.05. The van der Waals surface area contributed by atoms with Crippen LogP contribution in [0.5, 0.6) is 0 Å². The summed E-state index contributed by atoms with van der Waals surface area (Å²) in [6.45, 7) is 1.04. The highest BCUT2D eigenvalue weighted by Gasteiger charge is 2.16. The fraction of sp³-hybridized carbons (Fsp3) is 0.364. The zero-order valence-electron chi connectivity index (χ0n) is 8.77. The summed E-state index contributed by atoms with van der Waals surface area (Å²) in [5, 5.41) is 3.47. The van der Waals surface area contributed by atoms with Crippen molar-refractivity contribution >= 4 is 17.4 Å². The van der Waals surface area contributed by atoms with Crippen LogP contribution in [-0.4, -0.2) is 27.4 Å². The van der Waals surface area contributed by atoms with Crippen LogP contribution in [0.3, 0.4) is 0 Å². The van der Waals surface area contributed by atoms with Crippen LogP contribution in [0.1, 0.15) is 11.7 Å². The number of hydrogen-bond acceptors (Lipinski definition) is 3. The lowest BCUT2D eigenvalue weighted by Gasteiger charge is -2.21. The molecule has 1 aliphatic heterocycles. The van der Waals surface area contributed by atoms with Crippen LogP contribution < -0.4 is 10.7 Å². The average Bonchev–Trinajstić information content (AvgIpc) is 2.73. The molecule has 0 radical (unpaired) electrons. The Bertz CT molecular complexity index is 554. The molecule has 4 nitrogen and oxygen atoms in total. The Morgan fingerprint density at radius 3 is 3.25 bits per heavy atom. The van der Waals surface area contributed by atoms with Gasteiger partial charge >= 0.3 is 0 Å². The SMILES string of the molecule is O=c1ccn2cc(C3CSCCN3)[nH]c2c1. The Kier molecular flexibility index (Phi) is 2.49. The lowest BCUT2D eigenvalue weighted by molar-refractivity contribution is 0.583. The quantitative estimate of drug-likeness (QED) is 0.775. The standard InChI is InChI=1S/C11H13N3OS/c15-8-1-3-14-6-9(13-11(14)5-8)10-7-16-4-2-12-10/h1,3,5-6,10,12-13H,2,4,7H2. The second-order valence-electron chi connectivity index (χ2n) is 3.95. The minimum absolute atomic E-state index is 0.0411. The lowest BCUT2D eigenvalue weighted by atomic mass is 10.2. The Morgan fingerprint density at radius 2 is 2.44 bits per heavy atom. The van der Waals surface area contributed by atoms with E-state index in [-0.39, 0.29) is 5.43 Å². The van der Waals surface area contributed by atoms with Crippen LogP contribution in [0.4, 0.5) is 0 Å². The molecule has 0 spiro atoms. The van der Waals surface area contributed by atoms with Crippen molar-refractivity contribution in [3.05, 3.63) is 40.4 Å². The van der Waals surface area contributed by atoms with Crippen molar-refractivity contribution in [3.8, 4) is 0 Å². The largest absolute Gasteiger partial charge is 0.342 e. The van der Waals surface area contributed by atoms with Crippen molar-refractivity contribution in [1.29, 1.82) is 0 Å². The van der Waals surface area contributed by atoms with Crippen molar-refractivity contribution in [2.75, 3.05) is 18.1 Å². The number of nitrogens with one attached hydrogen (secondary N) is 2. The Labute approximate surface area is 97.1 Å². The van der Waals surface area contributed by atoms with Crippen molar-refractivity contribution in [2.45, 2.75) is 6.04 Å². The molecule has 3 heterocycles. The van der Waals surface area contributed by atoms with Gasteiger partial charge in [-0.25, -0.2) is 0 Å². The van der Waals surface area contributed by atoms with Crippen molar-refractivity contribution in [3.63, 3.8) is 0 Å². The maximum atomic E-state index is 11.2. The number of aromatic nitrogens is 2. The fourth-order valence-electron chi connectivity index (χ4n) is 1.98. The molecule has 1 saturated heterocycles. The van der Waals surface area contributed by atoms with Crippen molar-refractivity contribution in [1.82, 2.24) is 14.7 Å². The summed E-state index contributed by atoms with van der Waals surface area (Å²) >= 11 is 1.96. The number of thioether (sulfide) groups is 1. The molecule has 0 amide bonds. The van der Waals surface area contributed by atoms with Gasteiger partial charge in [-0.2, -0.15) is 11.8 Å². The van der Waals surface area contributed by atoms with Gasteiger partial charge in [0.15, 0.2) is 5.43 Å². The number of nitrogens with zero attached hydrogens (tertiary/aromatic N) is 1. The normalized spacial score (nSPS) is 21.4. The summed E-state index contributed by atoms with van der Waals surface area (Å²) in [6, 6.07) is 3.57. The highest BCUT2D eigenvalue weighted by Crippen LogP contribution is 2.21. The predicted octanol–water partition coefficient (Wildman–Crippen LogP) is 1.01. The van der Waals surface area contributed by atoms with Gasteiger partial charge in [0.2, 0.25) is 0 Å². The van der Waals surface area contributed by atoms with Crippen LogP contribution in [0, 0.1) is 0 Å². The summed E-state index contributed by atoms with van der Waals surface area (Å²) < 4.78 is 1.96. The smallest absolute Gasteiger partial charge is 0.183 e. The van der Waals surface area contributed by atoms with Gasteiger partial charge < -0.3 is 14.7 Å². The maximum Gasteiger partial charge on any atom is 0.183 e. The lowest BCUT2D eigenvalue weighted by Crippen LogP contribution is -2.30. The molecule has 84 valence electrons. The molecule has 5 heteroatoms. The van der Waals surface area contributed by atoms with Crippen LogP contribution in [0.2, 0.25) is 0 Å². The summed E-state index contributed by atoms with van der Waals surface area (Å²) in [4.78, 5) is 14.5. The first kappa shape index (κ1) is 9.99. The molecule has 3 rings (SSSR count). The van der Waals surface area contributed by atoms with Gasteiger partial charge in [0.05, 0.1) is 11.7 Å². The zero-order chi connectivity index (χ0) is 11.0. The number of H-pyrrole nitrogens is 1. The van der Waals surface area contributed by atoms with Gasteiger partial charge in [0, 0.05) is 42.6 Å².